The topological polar surface area (TPSA) is 117 Å². The molecule has 1 saturated carbocycles. The third kappa shape index (κ3) is 3.87. The lowest BCUT2D eigenvalue weighted by molar-refractivity contribution is -0.138. The molecular formula is C26H21F3N4O6. The van der Waals surface area contributed by atoms with Gasteiger partial charge in [0.15, 0.2) is 0 Å². The predicted octanol–water partition coefficient (Wildman–Crippen LogP) is 3.60. The van der Waals surface area contributed by atoms with Crippen LogP contribution in [-0.2, 0) is 19.6 Å². The molecule has 13 heteroatoms. The lowest BCUT2D eigenvalue weighted by Gasteiger charge is -2.19. The number of carboxylic acid groups (broad SMARTS) is 1. The lowest BCUT2D eigenvalue weighted by Crippen LogP contribution is -2.42. The van der Waals surface area contributed by atoms with E-state index in [1.165, 1.54) is 22.8 Å². The molecule has 2 heterocycles. The van der Waals surface area contributed by atoms with Crippen molar-refractivity contribution in [1.29, 1.82) is 0 Å². The predicted molar refractivity (Wildman–Crippen MR) is 132 cm³/mol. The van der Waals surface area contributed by atoms with E-state index in [4.69, 9.17) is 4.74 Å². The Morgan fingerprint density at radius 1 is 1.00 bits per heavy atom. The Labute approximate surface area is 216 Å². The molecular weight excluding hydrogens is 521 g/mol. The first-order chi connectivity index (χ1) is 18.5. The van der Waals surface area contributed by atoms with Crippen LogP contribution in [0.15, 0.2) is 57.0 Å². The Kier molecular flexibility index (Phi) is 5.39. The van der Waals surface area contributed by atoms with E-state index in [-0.39, 0.29) is 41.4 Å². The smallest absolute Gasteiger partial charge is 0.449 e. The fourth-order valence-electron chi connectivity index (χ4n) is 5.53. The summed E-state index contributed by atoms with van der Waals surface area (Å²) in [6.07, 6.45) is -3.83. The largest absolute Gasteiger partial charge is 0.511 e. The first-order valence-electron chi connectivity index (χ1n) is 12.2. The van der Waals surface area contributed by atoms with Crippen molar-refractivity contribution in [3.05, 3.63) is 90.6 Å². The number of benzene rings is 2. The molecule has 2 aliphatic rings. The molecule has 0 radical (unpaired) electrons. The number of nitrogens with zero attached hydrogens (tertiary/aromatic N) is 4. The number of aryl methyl sites for hydroxylation is 1. The van der Waals surface area contributed by atoms with E-state index in [1.807, 2.05) is 0 Å². The van der Waals surface area contributed by atoms with Crippen LogP contribution >= 0.6 is 0 Å². The van der Waals surface area contributed by atoms with Gasteiger partial charge in [-0.25, -0.2) is 19.0 Å². The van der Waals surface area contributed by atoms with Gasteiger partial charge in [-0.2, -0.15) is 13.2 Å². The summed E-state index contributed by atoms with van der Waals surface area (Å²) in [6, 6.07) is 7.27. The minimum absolute atomic E-state index is 0.0171. The fourth-order valence-corrected chi connectivity index (χ4v) is 5.53. The maximum absolute atomic E-state index is 13.8. The SMILES string of the molecule is Cn1c(=O)n(C2CC2)c2cc(-n3cc(OC(=O)O)c(=O)n([C@@H]4CCc5c4cccc5C(F)(F)F)c3=O)ccc21. The molecule has 39 heavy (non-hydrogen) atoms. The lowest BCUT2D eigenvalue weighted by atomic mass is 10.0. The monoisotopic (exact) mass is 542 g/mol. The molecule has 0 saturated heterocycles. The van der Waals surface area contributed by atoms with Gasteiger partial charge in [0, 0.05) is 13.1 Å². The van der Waals surface area contributed by atoms with Gasteiger partial charge in [0.05, 0.1) is 34.5 Å². The van der Waals surface area contributed by atoms with E-state index in [9.17, 15) is 37.5 Å². The quantitative estimate of drug-likeness (QED) is 0.394. The molecule has 10 nitrogen and oxygen atoms in total. The Bertz CT molecular complexity index is 1860. The van der Waals surface area contributed by atoms with Crippen molar-refractivity contribution < 1.29 is 27.8 Å². The van der Waals surface area contributed by atoms with Gasteiger partial charge in [0.2, 0.25) is 5.75 Å². The van der Waals surface area contributed by atoms with Crippen molar-refractivity contribution in [2.24, 2.45) is 7.05 Å². The van der Waals surface area contributed by atoms with Gasteiger partial charge in [0.1, 0.15) is 0 Å². The number of hydrogen-bond donors (Lipinski definition) is 1. The van der Waals surface area contributed by atoms with Crippen molar-refractivity contribution in [2.75, 3.05) is 0 Å². The normalized spacial score (nSPS) is 17.0. The Balaban J connectivity index is 1.58. The first-order valence-corrected chi connectivity index (χ1v) is 12.2. The van der Waals surface area contributed by atoms with Gasteiger partial charge in [0.25, 0.3) is 5.56 Å². The summed E-state index contributed by atoms with van der Waals surface area (Å²) in [5, 5.41) is 9.22. The van der Waals surface area contributed by atoms with Crippen molar-refractivity contribution >= 4 is 17.2 Å². The number of carbonyl (C=O) groups is 1. The average Bonchev–Trinajstić information content (AvgIpc) is 3.57. The Morgan fingerprint density at radius 3 is 2.41 bits per heavy atom. The maximum Gasteiger partial charge on any atom is 0.511 e. The molecule has 0 aliphatic heterocycles. The fraction of sp³-hybridized carbons (Fsp3) is 0.308. The number of aromatic nitrogens is 4. The van der Waals surface area contributed by atoms with Crippen LogP contribution in [-0.4, -0.2) is 29.5 Å². The summed E-state index contributed by atoms with van der Waals surface area (Å²) in [6.45, 7) is 0. The third-order valence-electron chi connectivity index (χ3n) is 7.40. The zero-order chi connectivity index (χ0) is 27.8. The molecule has 1 atom stereocenters. The highest BCUT2D eigenvalue weighted by atomic mass is 19.4. The second-order valence-corrected chi connectivity index (χ2v) is 9.73. The van der Waals surface area contributed by atoms with E-state index in [2.05, 4.69) is 0 Å². The molecule has 1 N–H and O–H groups in total. The number of alkyl halides is 3. The van der Waals surface area contributed by atoms with Gasteiger partial charge < -0.3 is 9.84 Å². The van der Waals surface area contributed by atoms with Crippen molar-refractivity contribution in [3.8, 4) is 11.4 Å². The maximum atomic E-state index is 13.8. The molecule has 4 aromatic rings. The molecule has 0 amide bonds. The molecule has 0 spiro atoms. The molecule has 202 valence electrons. The van der Waals surface area contributed by atoms with Gasteiger partial charge in [-0.05, 0) is 61.1 Å². The van der Waals surface area contributed by atoms with Gasteiger partial charge in [-0.15, -0.1) is 0 Å². The third-order valence-corrected chi connectivity index (χ3v) is 7.40. The van der Waals surface area contributed by atoms with Crippen LogP contribution < -0.4 is 21.7 Å². The van der Waals surface area contributed by atoms with E-state index in [1.54, 1.807) is 23.7 Å². The highest BCUT2D eigenvalue weighted by Gasteiger charge is 2.38. The van der Waals surface area contributed by atoms with Crippen molar-refractivity contribution in [2.45, 2.75) is 43.9 Å². The van der Waals surface area contributed by atoms with Gasteiger partial charge in [-0.1, -0.05) is 12.1 Å². The van der Waals surface area contributed by atoms with Crippen LogP contribution in [0.5, 0.6) is 5.75 Å². The number of hydrogen-bond acceptors (Lipinski definition) is 5. The number of halogens is 3. The van der Waals surface area contributed by atoms with E-state index >= 15 is 0 Å². The average molecular weight is 542 g/mol. The summed E-state index contributed by atoms with van der Waals surface area (Å²) in [4.78, 5) is 51.2. The zero-order valence-electron chi connectivity index (χ0n) is 20.4. The number of imidazole rings is 1. The van der Waals surface area contributed by atoms with Crippen LogP contribution in [0, 0.1) is 0 Å². The van der Waals surface area contributed by atoms with Crippen molar-refractivity contribution in [1.82, 2.24) is 18.3 Å². The molecule has 2 aromatic heterocycles. The van der Waals surface area contributed by atoms with Crippen LogP contribution in [0.1, 0.15) is 48.0 Å². The number of fused-ring (bicyclic) bond motifs is 2. The van der Waals surface area contributed by atoms with Gasteiger partial charge in [-0.3, -0.25) is 18.5 Å². The molecule has 0 unspecified atom stereocenters. The van der Waals surface area contributed by atoms with Crippen molar-refractivity contribution in [3.63, 3.8) is 0 Å². The van der Waals surface area contributed by atoms with E-state index in [0.717, 1.165) is 34.2 Å². The highest BCUT2D eigenvalue weighted by molar-refractivity contribution is 5.79. The molecule has 2 aromatic carbocycles. The minimum Gasteiger partial charge on any atom is -0.449 e. The Hall–Kier alpha value is -4.55. The molecule has 1 fully saturated rings. The molecule has 2 aliphatic carbocycles. The number of rotatable bonds is 4. The Morgan fingerprint density at radius 2 is 1.74 bits per heavy atom. The van der Waals surface area contributed by atoms with E-state index < -0.39 is 40.9 Å². The second-order valence-electron chi connectivity index (χ2n) is 9.73. The van der Waals surface area contributed by atoms with Crippen LogP contribution in [0.2, 0.25) is 0 Å². The molecule has 6 rings (SSSR count). The van der Waals surface area contributed by atoms with Crippen LogP contribution in [0.4, 0.5) is 18.0 Å². The van der Waals surface area contributed by atoms with Gasteiger partial charge >= 0.3 is 23.7 Å². The van der Waals surface area contributed by atoms with Crippen LogP contribution in [0.25, 0.3) is 16.7 Å². The van der Waals surface area contributed by atoms with Crippen LogP contribution in [0.3, 0.4) is 0 Å². The summed E-state index contributed by atoms with van der Waals surface area (Å²) in [7, 11) is 1.63. The summed E-state index contributed by atoms with van der Waals surface area (Å²) < 4.78 is 50.4. The minimum atomic E-state index is -4.62. The number of ether oxygens (including phenoxy) is 1. The summed E-state index contributed by atoms with van der Waals surface area (Å²) in [5.41, 5.74) is -1.51. The standard InChI is InChI=1S/C26H21F3N4O6/c1-30-19-9-7-14(11-20(19)32(23(30)35)13-5-6-13)31-12-21(39-25(37)38)22(34)33(24(31)36)18-10-8-15-16(18)3-2-4-17(15)26(27,28)29/h2-4,7,9,11-13,18H,5-6,8,10H2,1H3,(H,37,38)/t18-/m1/s1. The molecule has 0 bridgehead atoms. The van der Waals surface area contributed by atoms with E-state index in [0.29, 0.717) is 11.0 Å². The second kappa shape index (κ2) is 8.48. The highest BCUT2D eigenvalue weighted by Crippen LogP contribution is 2.41. The zero-order valence-corrected chi connectivity index (χ0v) is 20.4. The summed E-state index contributed by atoms with van der Waals surface area (Å²) >= 11 is 0. The first kappa shape index (κ1) is 24.8. The summed E-state index contributed by atoms with van der Waals surface area (Å²) in [5.74, 6) is -0.685.